The number of hydrogen-bond donors (Lipinski definition) is 2. The number of carboxylic acids is 2. The van der Waals surface area contributed by atoms with Crippen LogP contribution < -0.4 is 0 Å². The summed E-state index contributed by atoms with van der Waals surface area (Å²) in [6.07, 6.45) is -5.73. The number of aromatic nitrogens is 1. The highest BCUT2D eigenvalue weighted by Crippen LogP contribution is 2.34. The van der Waals surface area contributed by atoms with Crippen molar-refractivity contribution in [3.63, 3.8) is 0 Å². The number of nitrogens with zero attached hydrogens (tertiary/aromatic N) is 3. The first-order valence-electron chi connectivity index (χ1n) is 11.2. The molecule has 39 heavy (non-hydrogen) atoms. The number of fused-ring (bicyclic) bond motifs is 1. The minimum Gasteiger partial charge on any atom is -0.475 e. The molecular formula is C23H25F6N3O7. The van der Waals surface area contributed by atoms with Crippen molar-refractivity contribution in [1.82, 2.24) is 14.8 Å². The molecule has 4 rings (SSSR count). The van der Waals surface area contributed by atoms with Crippen LogP contribution in [0.3, 0.4) is 0 Å². The van der Waals surface area contributed by atoms with Crippen molar-refractivity contribution in [2.24, 2.45) is 5.92 Å². The summed E-state index contributed by atoms with van der Waals surface area (Å²) >= 11 is 0. The van der Waals surface area contributed by atoms with Crippen LogP contribution in [0.2, 0.25) is 0 Å². The highest BCUT2D eigenvalue weighted by atomic mass is 19.4. The van der Waals surface area contributed by atoms with Crippen molar-refractivity contribution in [3.8, 4) is 0 Å². The summed E-state index contributed by atoms with van der Waals surface area (Å²) in [4.78, 5) is 39.3. The lowest BCUT2D eigenvalue weighted by atomic mass is 9.88. The maximum absolute atomic E-state index is 12.9. The van der Waals surface area contributed by atoms with Gasteiger partial charge in [0.2, 0.25) is 0 Å². The zero-order valence-corrected chi connectivity index (χ0v) is 20.4. The molecule has 2 saturated heterocycles. The molecule has 2 aliphatic heterocycles. The van der Waals surface area contributed by atoms with E-state index in [9.17, 15) is 31.1 Å². The van der Waals surface area contributed by atoms with Crippen molar-refractivity contribution in [1.29, 1.82) is 0 Å². The largest absolute Gasteiger partial charge is 0.490 e. The Morgan fingerprint density at radius 3 is 2.10 bits per heavy atom. The summed E-state index contributed by atoms with van der Waals surface area (Å²) in [5, 5.41) is 14.2. The number of carbonyl (C=O) groups is 3. The molecule has 0 aliphatic carbocycles. The first-order valence-corrected chi connectivity index (χ1v) is 11.2. The fourth-order valence-electron chi connectivity index (χ4n) is 4.17. The number of pyridine rings is 1. The third-order valence-corrected chi connectivity index (χ3v) is 5.83. The molecule has 2 aromatic rings. The molecule has 0 spiro atoms. The van der Waals surface area contributed by atoms with Gasteiger partial charge in [-0.05, 0) is 30.7 Å². The average Bonchev–Trinajstić information content (AvgIpc) is 3.53. The van der Waals surface area contributed by atoms with Gasteiger partial charge >= 0.3 is 24.3 Å². The smallest absolute Gasteiger partial charge is 0.475 e. The summed E-state index contributed by atoms with van der Waals surface area (Å²) in [5.41, 5.74) is 0.515. The summed E-state index contributed by atoms with van der Waals surface area (Å²) in [5.74, 6) is -4.22. The highest BCUT2D eigenvalue weighted by molar-refractivity contribution is 5.92. The molecule has 0 saturated carbocycles. The Kier molecular flexibility index (Phi) is 10.9. The van der Waals surface area contributed by atoms with E-state index in [2.05, 4.69) is 9.88 Å². The topological polar surface area (TPSA) is 133 Å². The molecule has 4 heterocycles. The van der Waals surface area contributed by atoms with Crippen LogP contribution in [0.5, 0.6) is 0 Å². The van der Waals surface area contributed by atoms with Crippen molar-refractivity contribution < 1.29 is 60.1 Å². The van der Waals surface area contributed by atoms with E-state index in [4.69, 9.17) is 29.0 Å². The summed E-state index contributed by atoms with van der Waals surface area (Å²) in [6.45, 7) is 3.23. The standard InChI is InChI=1S/C19H23N3O3.2C2HF3O2/c1-24-18-7-9-22(19(23)16-6-2-3-8-20-16)17-13-21(12-15(17)18)11-14-5-4-10-25-14;2*3-2(4,5)1(6)7/h2-6,8,10,15,17-18H,7,9,11-13H2,1H3;2*(H,6,7)/t15-,17+,18+;;/m0../s1. The number of hydrogen-bond acceptors (Lipinski definition) is 7. The first-order chi connectivity index (χ1) is 18.1. The number of methoxy groups -OCH3 is 1. The average molecular weight is 569 g/mol. The predicted octanol–water partition coefficient (Wildman–Crippen LogP) is 3.30. The van der Waals surface area contributed by atoms with Gasteiger partial charge < -0.3 is 24.3 Å². The molecule has 1 amide bonds. The van der Waals surface area contributed by atoms with Crippen molar-refractivity contribution in [2.45, 2.75) is 37.5 Å². The van der Waals surface area contributed by atoms with Crippen LogP contribution in [0.15, 0.2) is 47.2 Å². The zero-order valence-electron chi connectivity index (χ0n) is 20.4. The van der Waals surface area contributed by atoms with Crippen molar-refractivity contribution in [3.05, 3.63) is 54.2 Å². The Hall–Kier alpha value is -3.66. The van der Waals surface area contributed by atoms with Gasteiger partial charge in [0.25, 0.3) is 5.91 Å². The van der Waals surface area contributed by atoms with Gasteiger partial charge in [-0.25, -0.2) is 9.59 Å². The number of likely N-dealkylation sites (tertiary alicyclic amines) is 2. The van der Waals surface area contributed by atoms with Gasteiger partial charge in [0.15, 0.2) is 0 Å². The molecule has 10 nitrogen and oxygen atoms in total. The maximum atomic E-state index is 12.9. The Bertz CT molecular complexity index is 1060. The summed E-state index contributed by atoms with van der Waals surface area (Å²) in [7, 11) is 1.77. The van der Waals surface area contributed by atoms with Crippen LogP contribution >= 0.6 is 0 Å². The number of ether oxygens (including phenoxy) is 1. The fraction of sp³-hybridized carbons (Fsp3) is 0.478. The molecule has 0 radical (unpaired) electrons. The quantitative estimate of drug-likeness (QED) is 0.532. The number of alkyl halides is 6. The van der Waals surface area contributed by atoms with Gasteiger partial charge in [-0.3, -0.25) is 14.7 Å². The van der Waals surface area contributed by atoms with E-state index in [1.165, 1.54) is 0 Å². The van der Waals surface area contributed by atoms with Gasteiger partial charge in [0.1, 0.15) is 11.5 Å². The van der Waals surface area contributed by atoms with Gasteiger partial charge in [-0.2, -0.15) is 26.3 Å². The third kappa shape index (κ3) is 9.24. The van der Waals surface area contributed by atoms with E-state index in [0.29, 0.717) is 18.2 Å². The van der Waals surface area contributed by atoms with Crippen LogP contribution in [0.4, 0.5) is 26.3 Å². The number of carbonyl (C=O) groups excluding carboxylic acids is 1. The van der Waals surface area contributed by atoms with Crippen LogP contribution in [0.1, 0.15) is 22.7 Å². The molecule has 2 aromatic heterocycles. The predicted molar refractivity (Wildman–Crippen MR) is 119 cm³/mol. The molecule has 216 valence electrons. The Morgan fingerprint density at radius 1 is 1.03 bits per heavy atom. The second kappa shape index (κ2) is 13.4. The second-order valence-electron chi connectivity index (χ2n) is 8.39. The number of halogens is 6. The van der Waals surface area contributed by atoms with E-state index < -0.39 is 24.3 Å². The molecule has 0 unspecified atom stereocenters. The van der Waals surface area contributed by atoms with Gasteiger partial charge in [0, 0.05) is 38.9 Å². The van der Waals surface area contributed by atoms with E-state index in [1.807, 2.05) is 29.2 Å². The molecule has 2 N–H and O–H groups in total. The lowest BCUT2D eigenvalue weighted by Crippen LogP contribution is -2.53. The van der Waals surface area contributed by atoms with E-state index in [1.54, 1.807) is 25.6 Å². The lowest BCUT2D eigenvalue weighted by Gasteiger charge is -2.40. The van der Waals surface area contributed by atoms with Gasteiger partial charge in [-0.15, -0.1) is 0 Å². The van der Waals surface area contributed by atoms with Gasteiger partial charge in [-0.1, -0.05) is 6.07 Å². The molecule has 2 aliphatic rings. The second-order valence-corrected chi connectivity index (χ2v) is 8.39. The molecular weight excluding hydrogens is 544 g/mol. The Labute approximate surface area is 217 Å². The monoisotopic (exact) mass is 569 g/mol. The molecule has 2 fully saturated rings. The highest BCUT2D eigenvalue weighted by Gasteiger charge is 2.46. The number of aliphatic carboxylic acids is 2. The lowest BCUT2D eigenvalue weighted by molar-refractivity contribution is -0.193. The summed E-state index contributed by atoms with van der Waals surface area (Å²) in [6, 6.07) is 9.53. The van der Waals surface area contributed by atoms with Crippen LogP contribution in [0.25, 0.3) is 0 Å². The minimum absolute atomic E-state index is 0.0185. The van der Waals surface area contributed by atoms with E-state index in [-0.39, 0.29) is 18.1 Å². The fourth-order valence-corrected chi connectivity index (χ4v) is 4.17. The van der Waals surface area contributed by atoms with Crippen molar-refractivity contribution in [2.75, 3.05) is 26.7 Å². The number of carboxylic acid groups (broad SMARTS) is 2. The maximum Gasteiger partial charge on any atom is 0.490 e. The SMILES string of the molecule is CO[C@@H]1CCN(C(=O)c2ccccn2)[C@@H]2CN(Cc3ccco3)C[C@@H]21.O=C(O)C(F)(F)F.O=C(O)C(F)(F)F. The van der Waals surface area contributed by atoms with Crippen LogP contribution in [0, 0.1) is 5.92 Å². The zero-order chi connectivity index (χ0) is 29.4. The summed E-state index contributed by atoms with van der Waals surface area (Å²) < 4.78 is 74.7. The molecule has 0 bridgehead atoms. The van der Waals surface area contributed by atoms with Crippen molar-refractivity contribution >= 4 is 17.8 Å². The van der Waals surface area contributed by atoms with Gasteiger partial charge in [0.05, 0.1) is 25.0 Å². The number of amides is 1. The molecule has 3 atom stereocenters. The van der Waals surface area contributed by atoms with Crippen LogP contribution in [-0.2, 0) is 20.9 Å². The Balaban J connectivity index is 0.000000317. The normalized spacial score (nSPS) is 21.1. The van der Waals surface area contributed by atoms with E-state index >= 15 is 0 Å². The third-order valence-electron chi connectivity index (χ3n) is 5.83. The first kappa shape index (κ1) is 31.6. The number of rotatable bonds is 4. The number of furan rings is 1. The van der Waals surface area contributed by atoms with Crippen LogP contribution in [-0.4, -0.2) is 94.1 Å². The molecule has 16 heteroatoms. The molecule has 0 aromatic carbocycles. The Morgan fingerprint density at radius 2 is 1.64 bits per heavy atom. The number of piperidine rings is 1. The minimum atomic E-state index is -5.08. The van der Waals surface area contributed by atoms with E-state index in [0.717, 1.165) is 31.8 Å².